The van der Waals surface area contributed by atoms with E-state index in [1.165, 1.54) is 40.8 Å². The van der Waals surface area contributed by atoms with Crippen LogP contribution in [0, 0.1) is 0 Å². The number of nitrogens with one attached hydrogen (secondary N) is 1. The molecule has 0 aliphatic carbocycles. The Morgan fingerprint density at radius 1 is 1.07 bits per heavy atom. The molecule has 242 valence electrons. The molecular weight excluding hydrogens is 617 g/mol. The first-order chi connectivity index (χ1) is 22.0. The first-order valence-electron chi connectivity index (χ1n) is 14.9. The van der Waals surface area contributed by atoms with E-state index in [-0.39, 0.29) is 17.7 Å². The predicted octanol–water partition coefficient (Wildman–Crippen LogP) is 7.78. The largest absolute Gasteiger partial charge is 0.573 e. The lowest BCUT2D eigenvalue weighted by Gasteiger charge is -2.24. The maximum Gasteiger partial charge on any atom is 0.573 e. The van der Waals surface area contributed by atoms with Crippen LogP contribution in [0.4, 0.5) is 23.7 Å². The van der Waals surface area contributed by atoms with E-state index < -0.39 is 6.36 Å². The van der Waals surface area contributed by atoms with Gasteiger partial charge in [-0.3, -0.25) is 0 Å². The number of amides is 2. The highest BCUT2D eigenvalue weighted by Crippen LogP contribution is 2.35. The number of aromatic nitrogens is 3. The van der Waals surface area contributed by atoms with Crippen LogP contribution in [0.25, 0.3) is 17.1 Å². The molecule has 9 nitrogen and oxygen atoms in total. The number of carbonyl (C=O) groups excluding carboxylic acids is 1. The van der Waals surface area contributed by atoms with Crippen molar-refractivity contribution in [1.82, 2.24) is 20.1 Å². The summed E-state index contributed by atoms with van der Waals surface area (Å²) in [6, 6.07) is 18.8. The van der Waals surface area contributed by atoms with Gasteiger partial charge in [-0.25, -0.2) is 14.5 Å². The topological polar surface area (TPSA) is 93.9 Å². The SMILES string of the molecule is CCC(CNC(=O)N=C1SCCN1c1cc(OC)ccc1C(C)C)c1ccc(-c2ncn(-c3ccc(OC(F)(F)F)cc3)n2)cc1. The molecule has 5 rings (SSSR count). The zero-order valence-corrected chi connectivity index (χ0v) is 26.7. The Hall–Kier alpha value is -4.52. The Kier molecular flexibility index (Phi) is 10.2. The van der Waals surface area contributed by atoms with E-state index in [1.807, 2.05) is 36.4 Å². The molecule has 1 fully saturated rings. The minimum absolute atomic E-state index is 0.0689. The van der Waals surface area contributed by atoms with Gasteiger partial charge in [-0.1, -0.05) is 62.9 Å². The monoisotopic (exact) mass is 652 g/mol. The van der Waals surface area contributed by atoms with Crippen LogP contribution >= 0.6 is 11.8 Å². The van der Waals surface area contributed by atoms with Crippen LogP contribution in [-0.4, -0.2) is 58.3 Å². The van der Waals surface area contributed by atoms with Crippen molar-refractivity contribution < 1.29 is 27.4 Å². The van der Waals surface area contributed by atoms with Gasteiger partial charge in [0.2, 0.25) is 0 Å². The highest BCUT2D eigenvalue weighted by atomic mass is 32.2. The van der Waals surface area contributed by atoms with E-state index in [0.29, 0.717) is 29.1 Å². The van der Waals surface area contributed by atoms with Crippen molar-refractivity contribution >= 4 is 28.6 Å². The van der Waals surface area contributed by atoms with Gasteiger partial charge in [-0.2, -0.15) is 4.99 Å². The Morgan fingerprint density at radius 2 is 1.78 bits per heavy atom. The van der Waals surface area contributed by atoms with Crippen molar-refractivity contribution in [3.63, 3.8) is 0 Å². The third kappa shape index (κ3) is 8.00. The van der Waals surface area contributed by atoms with Gasteiger partial charge in [-0.05, 0) is 53.8 Å². The maximum absolute atomic E-state index is 13.0. The van der Waals surface area contributed by atoms with E-state index in [4.69, 9.17) is 4.74 Å². The maximum atomic E-state index is 13.0. The number of rotatable bonds is 10. The molecule has 4 aromatic rings. The van der Waals surface area contributed by atoms with Gasteiger partial charge in [0.1, 0.15) is 17.8 Å². The number of urea groups is 1. The second-order valence-electron chi connectivity index (χ2n) is 10.9. The third-order valence-electron chi connectivity index (χ3n) is 7.58. The fourth-order valence-electron chi connectivity index (χ4n) is 5.15. The van der Waals surface area contributed by atoms with Gasteiger partial charge in [0.15, 0.2) is 11.0 Å². The number of amidine groups is 1. The lowest BCUT2D eigenvalue weighted by Crippen LogP contribution is -2.30. The molecule has 1 atom stereocenters. The highest BCUT2D eigenvalue weighted by molar-refractivity contribution is 8.14. The summed E-state index contributed by atoms with van der Waals surface area (Å²) in [5, 5.41) is 8.12. The van der Waals surface area contributed by atoms with Crippen LogP contribution in [0.3, 0.4) is 0 Å². The zero-order chi connectivity index (χ0) is 32.8. The van der Waals surface area contributed by atoms with E-state index in [1.54, 1.807) is 18.9 Å². The molecule has 13 heteroatoms. The minimum atomic E-state index is -4.75. The van der Waals surface area contributed by atoms with Crippen LogP contribution in [-0.2, 0) is 0 Å². The van der Waals surface area contributed by atoms with Gasteiger partial charge in [0.25, 0.3) is 0 Å². The molecule has 0 bridgehead atoms. The molecule has 0 radical (unpaired) electrons. The van der Waals surface area contributed by atoms with Crippen LogP contribution < -0.4 is 19.7 Å². The first-order valence-corrected chi connectivity index (χ1v) is 15.9. The van der Waals surface area contributed by atoms with Crippen molar-refractivity contribution in [3.05, 3.63) is 84.2 Å². The number of anilines is 1. The van der Waals surface area contributed by atoms with E-state index in [9.17, 15) is 18.0 Å². The second-order valence-corrected chi connectivity index (χ2v) is 12.0. The summed E-state index contributed by atoms with van der Waals surface area (Å²) < 4.78 is 48.2. The zero-order valence-electron chi connectivity index (χ0n) is 25.9. The fourth-order valence-corrected chi connectivity index (χ4v) is 6.10. The van der Waals surface area contributed by atoms with E-state index in [2.05, 4.69) is 56.9 Å². The fraction of sp³-hybridized carbons (Fsp3) is 0.333. The number of nitrogens with zero attached hydrogens (tertiary/aromatic N) is 5. The molecule has 0 saturated carbocycles. The molecule has 1 aliphatic heterocycles. The molecular formula is C33H35F3N6O3S. The number of halogens is 3. The van der Waals surface area contributed by atoms with Crippen LogP contribution in [0.15, 0.2) is 78.0 Å². The number of hydrogen-bond acceptors (Lipinski definition) is 6. The van der Waals surface area contributed by atoms with Crippen LogP contribution in [0.1, 0.15) is 50.2 Å². The van der Waals surface area contributed by atoms with E-state index >= 15 is 0 Å². The van der Waals surface area contributed by atoms with Crippen molar-refractivity contribution in [1.29, 1.82) is 0 Å². The molecule has 3 aromatic carbocycles. The molecule has 2 heterocycles. The summed E-state index contributed by atoms with van der Waals surface area (Å²) in [5.41, 5.74) is 4.54. The molecule has 1 saturated heterocycles. The minimum Gasteiger partial charge on any atom is -0.497 e. The average Bonchev–Trinajstić information content (AvgIpc) is 3.71. The van der Waals surface area contributed by atoms with Crippen molar-refractivity contribution in [2.75, 3.05) is 30.9 Å². The molecule has 1 aromatic heterocycles. The summed E-state index contributed by atoms with van der Waals surface area (Å²) in [6.45, 7) is 7.52. The molecule has 2 amide bonds. The Bertz CT molecular complexity index is 1670. The lowest BCUT2D eigenvalue weighted by atomic mass is 9.95. The molecule has 0 spiro atoms. The summed E-state index contributed by atoms with van der Waals surface area (Å²) in [4.78, 5) is 23.8. The number of alkyl halides is 3. The normalized spacial score (nSPS) is 15.0. The molecule has 1 aliphatic rings. The van der Waals surface area contributed by atoms with Gasteiger partial charge in [0, 0.05) is 42.1 Å². The number of carbonyl (C=O) groups is 1. The van der Waals surface area contributed by atoms with Crippen molar-refractivity contribution in [2.45, 2.75) is 45.4 Å². The number of hydrogen-bond donors (Lipinski definition) is 1. The van der Waals surface area contributed by atoms with Gasteiger partial charge in [0.05, 0.1) is 12.8 Å². The number of thioether (sulfide) groups is 1. The van der Waals surface area contributed by atoms with Gasteiger partial charge < -0.3 is 19.7 Å². The first kappa shape index (κ1) is 32.9. The number of benzene rings is 3. The van der Waals surface area contributed by atoms with Crippen molar-refractivity contribution in [3.8, 4) is 28.6 Å². The number of ether oxygens (including phenoxy) is 2. The van der Waals surface area contributed by atoms with Gasteiger partial charge in [-0.15, -0.1) is 18.3 Å². The Balaban J connectivity index is 1.22. The Labute approximate surface area is 269 Å². The second kappa shape index (κ2) is 14.3. The van der Waals surface area contributed by atoms with Gasteiger partial charge >= 0.3 is 12.4 Å². The number of aliphatic imine (C=N–C) groups is 1. The molecule has 1 unspecified atom stereocenters. The average molecular weight is 653 g/mol. The lowest BCUT2D eigenvalue weighted by molar-refractivity contribution is -0.274. The standard InChI is InChI=1S/C33H35F3N6O3S/c1-5-22(19-37-31(43)39-32-41(16-17-46-32)29-18-27(44-4)14-15-28(29)21(2)3)23-6-8-24(9-7-23)30-38-20-42(40-30)25-10-12-26(13-11-25)45-33(34,35)36/h6-15,18,20-22H,5,16-17,19H2,1-4H3,(H,37,43). The predicted molar refractivity (Wildman–Crippen MR) is 174 cm³/mol. The number of methoxy groups -OCH3 is 1. The summed E-state index contributed by atoms with van der Waals surface area (Å²) in [7, 11) is 1.64. The highest BCUT2D eigenvalue weighted by Gasteiger charge is 2.31. The summed E-state index contributed by atoms with van der Waals surface area (Å²) in [5.74, 6) is 2.12. The smallest absolute Gasteiger partial charge is 0.497 e. The molecule has 1 N–H and O–H groups in total. The van der Waals surface area contributed by atoms with Crippen LogP contribution in [0.5, 0.6) is 11.5 Å². The van der Waals surface area contributed by atoms with Crippen molar-refractivity contribution in [2.24, 2.45) is 4.99 Å². The summed E-state index contributed by atoms with van der Waals surface area (Å²) >= 11 is 1.56. The third-order valence-corrected chi connectivity index (χ3v) is 8.54. The summed E-state index contributed by atoms with van der Waals surface area (Å²) in [6.07, 6.45) is -2.45. The molecule has 46 heavy (non-hydrogen) atoms. The van der Waals surface area contributed by atoms with E-state index in [0.717, 1.165) is 41.3 Å². The van der Waals surface area contributed by atoms with Crippen LogP contribution in [0.2, 0.25) is 0 Å². The Morgan fingerprint density at radius 3 is 2.43 bits per heavy atom. The quantitative estimate of drug-likeness (QED) is 0.187.